The summed E-state index contributed by atoms with van der Waals surface area (Å²) in [4.78, 5) is 23.4. The second-order valence-corrected chi connectivity index (χ2v) is 5.84. The van der Waals surface area contributed by atoms with Crippen LogP contribution < -0.4 is 10.9 Å². The molecule has 110 valence electrons. The molecule has 1 fully saturated rings. The van der Waals surface area contributed by atoms with Crippen LogP contribution in [0.1, 0.15) is 12.8 Å². The van der Waals surface area contributed by atoms with E-state index < -0.39 is 5.60 Å². The average molecular weight is 345 g/mol. The molecule has 1 aliphatic rings. The van der Waals surface area contributed by atoms with Gasteiger partial charge in [0.05, 0.1) is 5.60 Å². The quantitative estimate of drug-likeness (QED) is 0.821. The smallest absolute Gasteiger partial charge is 0.251 e. The van der Waals surface area contributed by atoms with Crippen molar-refractivity contribution in [1.82, 2.24) is 9.88 Å². The Morgan fingerprint density at radius 1 is 1.45 bits per heavy atom. The van der Waals surface area contributed by atoms with Gasteiger partial charge in [0.15, 0.2) is 0 Å². The van der Waals surface area contributed by atoms with Gasteiger partial charge >= 0.3 is 0 Å². The van der Waals surface area contributed by atoms with E-state index in [1.54, 1.807) is 12.3 Å². The molecule has 20 heavy (non-hydrogen) atoms. The van der Waals surface area contributed by atoms with Gasteiger partial charge in [0.2, 0.25) is 5.91 Å². The second-order valence-electron chi connectivity index (χ2n) is 4.93. The van der Waals surface area contributed by atoms with Crippen molar-refractivity contribution in [3.63, 3.8) is 0 Å². The molecule has 2 rings (SSSR count). The van der Waals surface area contributed by atoms with Crippen molar-refractivity contribution in [1.29, 1.82) is 0 Å². The molecular formula is C13H17BrN2O4. The summed E-state index contributed by atoms with van der Waals surface area (Å²) in [6.45, 7) is 1.11. The van der Waals surface area contributed by atoms with E-state index in [0.717, 1.165) is 4.47 Å². The molecule has 0 bridgehead atoms. The summed E-state index contributed by atoms with van der Waals surface area (Å²) in [5.74, 6) is -0.301. The van der Waals surface area contributed by atoms with Gasteiger partial charge in [-0.05, 0) is 22.0 Å². The highest BCUT2D eigenvalue weighted by atomic mass is 79.9. The van der Waals surface area contributed by atoms with Crippen LogP contribution >= 0.6 is 15.9 Å². The lowest BCUT2D eigenvalue weighted by Gasteiger charge is -2.32. The zero-order valence-corrected chi connectivity index (χ0v) is 12.6. The monoisotopic (exact) mass is 344 g/mol. The van der Waals surface area contributed by atoms with E-state index in [2.05, 4.69) is 21.2 Å². The minimum Gasteiger partial charge on any atom is -0.388 e. The lowest BCUT2D eigenvalue weighted by Crippen LogP contribution is -2.47. The number of carbonyl (C=O) groups is 1. The molecule has 0 spiro atoms. The first-order valence-electron chi connectivity index (χ1n) is 6.41. The summed E-state index contributed by atoms with van der Waals surface area (Å²) in [7, 11) is 0. The van der Waals surface area contributed by atoms with Gasteiger partial charge in [-0.1, -0.05) is 0 Å². The third kappa shape index (κ3) is 4.16. The Balaban J connectivity index is 1.89. The van der Waals surface area contributed by atoms with Gasteiger partial charge in [-0.3, -0.25) is 9.59 Å². The summed E-state index contributed by atoms with van der Waals surface area (Å²) in [5, 5.41) is 12.9. The number of ether oxygens (including phenoxy) is 1. The van der Waals surface area contributed by atoms with Crippen LogP contribution in [0.15, 0.2) is 27.6 Å². The number of aliphatic hydroxyl groups is 1. The molecule has 0 saturated carbocycles. The van der Waals surface area contributed by atoms with Crippen LogP contribution in [-0.2, 0) is 16.1 Å². The first-order chi connectivity index (χ1) is 9.48. The van der Waals surface area contributed by atoms with Crippen molar-refractivity contribution in [3.05, 3.63) is 33.2 Å². The maximum absolute atomic E-state index is 11.8. The Hall–Kier alpha value is -1.18. The van der Waals surface area contributed by atoms with Crippen LogP contribution in [0.4, 0.5) is 0 Å². The molecule has 0 radical (unpaired) electrons. The molecule has 0 aliphatic carbocycles. The summed E-state index contributed by atoms with van der Waals surface area (Å²) < 4.78 is 7.22. The van der Waals surface area contributed by atoms with Gasteiger partial charge in [0.25, 0.3) is 5.56 Å². The topological polar surface area (TPSA) is 80.6 Å². The highest BCUT2D eigenvalue weighted by Crippen LogP contribution is 2.19. The van der Waals surface area contributed by atoms with Crippen molar-refractivity contribution in [3.8, 4) is 0 Å². The van der Waals surface area contributed by atoms with E-state index in [9.17, 15) is 14.7 Å². The molecule has 1 aromatic heterocycles. The highest BCUT2D eigenvalue weighted by Gasteiger charge is 2.30. The van der Waals surface area contributed by atoms with Gasteiger partial charge in [0, 0.05) is 49.3 Å². The molecule has 6 nitrogen and oxygen atoms in total. The molecule has 2 N–H and O–H groups in total. The number of rotatable bonds is 4. The van der Waals surface area contributed by atoms with Gasteiger partial charge < -0.3 is 19.7 Å². The van der Waals surface area contributed by atoms with E-state index in [4.69, 9.17) is 4.74 Å². The molecule has 0 aromatic carbocycles. The number of hydrogen-bond donors (Lipinski definition) is 2. The minimum atomic E-state index is -0.907. The van der Waals surface area contributed by atoms with Gasteiger partial charge in [-0.15, -0.1) is 0 Å². The van der Waals surface area contributed by atoms with E-state index in [0.29, 0.717) is 26.1 Å². The van der Waals surface area contributed by atoms with Crippen LogP contribution in [0.2, 0.25) is 0 Å². The number of halogens is 1. The Labute approximate surface area is 124 Å². The number of aromatic nitrogens is 1. The number of amides is 1. The van der Waals surface area contributed by atoms with Crippen LogP contribution in [0.5, 0.6) is 0 Å². The second kappa shape index (κ2) is 6.51. The Morgan fingerprint density at radius 2 is 2.15 bits per heavy atom. The minimum absolute atomic E-state index is 0.0646. The molecule has 2 heterocycles. The van der Waals surface area contributed by atoms with Crippen molar-refractivity contribution >= 4 is 21.8 Å². The third-order valence-electron chi connectivity index (χ3n) is 3.30. The van der Waals surface area contributed by atoms with E-state index in [1.807, 2.05) is 0 Å². The molecule has 0 unspecified atom stereocenters. The molecule has 0 atom stereocenters. The number of pyridine rings is 1. The molecule has 1 saturated heterocycles. The summed E-state index contributed by atoms with van der Waals surface area (Å²) in [6, 6.07) is 3.02. The number of hydrogen-bond acceptors (Lipinski definition) is 4. The third-order valence-corrected chi connectivity index (χ3v) is 3.77. The Bertz CT molecular complexity index is 537. The predicted molar refractivity (Wildman–Crippen MR) is 76.4 cm³/mol. The standard InChI is InChI=1S/C13H17BrN2O4/c14-10-1-2-12(18)16(7-10)8-11(17)15-9-13(19)3-5-20-6-4-13/h1-2,7,19H,3-6,8-9H2,(H,15,17). The van der Waals surface area contributed by atoms with Gasteiger partial charge in [0.1, 0.15) is 6.54 Å². The zero-order chi connectivity index (χ0) is 14.6. The molecule has 1 aliphatic heterocycles. The summed E-state index contributed by atoms with van der Waals surface area (Å²) in [5.41, 5.74) is -1.15. The molecule has 1 amide bonds. The Morgan fingerprint density at radius 3 is 2.85 bits per heavy atom. The fourth-order valence-electron chi connectivity index (χ4n) is 2.03. The number of carbonyl (C=O) groups excluding carboxylic acids is 1. The van der Waals surface area contributed by atoms with E-state index >= 15 is 0 Å². The lowest BCUT2D eigenvalue weighted by molar-refractivity contribution is -0.124. The highest BCUT2D eigenvalue weighted by molar-refractivity contribution is 9.10. The van der Waals surface area contributed by atoms with Crippen molar-refractivity contribution in [2.45, 2.75) is 25.0 Å². The number of nitrogens with one attached hydrogen (secondary N) is 1. The van der Waals surface area contributed by atoms with Gasteiger partial charge in [-0.2, -0.15) is 0 Å². The van der Waals surface area contributed by atoms with E-state index in [-0.39, 0.29) is 24.6 Å². The largest absolute Gasteiger partial charge is 0.388 e. The van der Waals surface area contributed by atoms with Crippen LogP contribution in [0.25, 0.3) is 0 Å². The fraction of sp³-hybridized carbons (Fsp3) is 0.538. The first-order valence-corrected chi connectivity index (χ1v) is 7.21. The van der Waals surface area contributed by atoms with E-state index in [1.165, 1.54) is 10.6 Å². The van der Waals surface area contributed by atoms with Crippen molar-refractivity contribution in [2.75, 3.05) is 19.8 Å². The van der Waals surface area contributed by atoms with Crippen molar-refractivity contribution in [2.24, 2.45) is 0 Å². The van der Waals surface area contributed by atoms with Crippen LogP contribution in [-0.4, -0.2) is 40.9 Å². The SMILES string of the molecule is O=C(Cn1cc(Br)ccc1=O)NCC1(O)CCOCC1. The van der Waals surface area contributed by atoms with Gasteiger partial charge in [-0.25, -0.2) is 0 Å². The fourth-order valence-corrected chi connectivity index (χ4v) is 2.41. The summed E-state index contributed by atoms with van der Waals surface area (Å²) >= 11 is 3.25. The lowest BCUT2D eigenvalue weighted by atomic mass is 9.94. The number of nitrogens with zero attached hydrogens (tertiary/aromatic N) is 1. The average Bonchev–Trinajstić information content (AvgIpc) is 2.42. The van der Waals surface area contributed by atoms with Crippen LogP contribution in [0.3, 0.4) is 0 Å². The first kappa shape index (κ1) is 15.2. The molecular weight excluding hydrogens is 328 g/mol. The maximum Gasteiger partial charge on any atom is 0.251 e. The maximum atomic E-state index is 11.8. The van der Waals surface area contributed by atoms with Crippen LogP contribution in [0, 0.1) is 0 Å². The zero-order valence-electron chi connectivity index (χ0n) is 11.0. The molecule has 7 heteroatoms. The Kier molecular flexibility index (Phi) is 4.95. The molecule has 1 aromatic rings. The van der Waals surface area contributed by atoms with Crippen molar-refractivity contribution < 1.29 is 14.6 Å². The predicted octanol–water partition coefficient (Wildman–Crippen LogP) is 0.268. The normalized spacial score (nSPS) is 17.7. The summed E-state index contributed by atoms with van der Waals surface area (Å²) in [6.07, 6.45) is 2.57.